The summed E-state index contributed by atoms with van der Waals surface area (Å²) < 4.78 is 1.99. The Morgan fingerprint density at radius 2 is 2.00 bits per heavy atom. The monoisotopic (exact) mass is 279 g/mol. The molecule has 1 N–H and O–H groups in total. The highest BCUT2D eigenvalue weighted by atomic mass is 16.2. The molecule has 0 saturated carbocycles. The lowest BCUT2D eigenvalue weighted by Crippen LogP contribution is -2.33. The lowest BCUT2D eigenvalue weighted by molar-refractivity contribution is -0.131. The molecule has 114 valence electrons. The van der Waals surface area contributed by atoms with Gasteiger partial charge in [-0.15, -0.1) is 0 Å². The maximum atomic E-state index is 12.1. The average Bonchev–Trinajstić information content (AvgIpc) is 2.89. The number of hydrogen-bond donors (Lipinski definition) is 1. The molecule has 1 heterocycles. The normalized spacial score (nSPS) is 12.4. The molecular weight excluding hydrogens is 250 g/mol. The van der Waals surface area contributed by atoms with Gasteiger partial charge in [-0.3, -0.25) is 4.79 Å². The van der Waals surface area contributed by atoms with E-state index in [0.29, 0.717) is 12.6 Å². The third-order valence-corrected chi connectivity index (χ3v) is 3.66. The van der Waals surface area contributed by atoms with Gasteiger partial charge in [0.25, 0.3) is 0 Å². The van der Waals surface area contributed by atoms with Crippen molar-refractivity contribution >= 4 is 5.91 Å². The summed E-state index contributed by atoms with van der Waals surface area (Å²) in [6.45, 7) is 11.4. The number of rotatable bonds is 9. The Kier molecular flexibility index (Phi) is 7.37. The molecule has 1 aromatic rings. The Balaban J connectivity index is 2.64. The van der Waals surface area contributed by atoms with E-state index >= 15 is 0 Å². The van der Waals surface area contributed by atoms with Crippen LogP contribution in [0.2, 0.25) is 0 Å². The molecule has 0 aromatic carbocycles. The van der Waals surface area contributed by atoms with E-state index in [4.69, 9.17) is 0 Å². The fourth-order valence-electron chi connectivity index (χ4n) is 2.41. The Bertz CT molecular complexity index is 396. The second kappa shape index (κ2) is 8.80. The number of carbonyl (C=O) groups excluding carboxylic acids is 1. The van der Waals surface area contributed by atoms with Crippen LogP contribution in [0, 0.1) is 0 Å². The molecule has 1 unspecified atom stereocenters. The molecule has 1 amide bonds. The van der Waals surface area contributed by atoms with Crippen LogP contribution in [0.25, 0.3) is 0 Å². The molecule has 0 spiro atoms. The lowest BCUT2D eigenvalue weighted by atomic mass is 10.1. The van der Waals surface area contributed by atoms with Gasteiger partial charge in [-0.25, -0.2) is 0 Å². The van der Waals surface area contributed by atoms with Crippen LogP contribution in [-0.2, 0) is 11.3 Å². The van der Waals surface area contributed by atoms with E-state index in [-0.39, 0.29) is 5.91 Å². The maximum absolute atomic E-state index is 12.1. The minimum atomic E-state index is 0.187. The van der Waals surface area contributed by atoms with Crippen molar-refractivity contribution in [3.8, 4) is 0 Å². The van der Waals surface area contributed by atoms with E-state index in [0.717, 1.165) is 32.5 Å². The van der Waals surface area contributed by atoms with E-state index < -0.39 is 0 Å². The first-order chi connectivity index (χ1) is 9.65. The molecule has 0 aliphatic carbocycles. The predicted molar refractivity (Wildman–Crippen MR) is 83.7 cm³/mol. The van der Waals surface area contributed by atoms with Crippen molar-refractivity contribution in [3.63, 3.8) is 0 Å². The van der Waals surface area contributed by atoms with Crippen molar-refractivity contribution in [2.24, 2.45) is 0 Å². The van der Waals surface area contributed by atoms with Crippen molar-refractivity contribution < 1.29 is 4.79 Å². The SMILES string of the molecule is CCCNC(CC)c1ccn(CC(=O)N(CC)CC)c1. The molecule has 0 fully saturated rings. The molecule has 4 nitrogen and oxygen atoms in total. The summed E-state index contributed by atoms with van der Waals surface area (Å²) in [6, 6.07) is 2.51. The van der Waals surface area contributed by atoms with Crippen LogP contribution in [0.5, 0.6) is 0 Å². The summed E-state index contributed by atoms with van der Waals surface area (Å²) in [5, 5.41) is 3.54. The molecule has 1 aromatic heterocycles. The van der Waals surface area contributed by atoms with E-state index in [1.807, 2.05) is 29.5 Å². The zero-order valence-electron chi connectivity index (χ0n) is 13.4. The highest BCUT2D eigenvalue weighted by Crippen LogP contribution is 2.17. The molecule has 0 saturated heterocycles. The number of nitrogens with one attached hydrogen (secondary N) is 1. The lowest BCUT2D eigenvalue weighted by Gasteiger charge is -2.19. The molecular formula is C16H29N3O. The third-order valence-electron chi connectivity index (χ3n) is 3.66. The first kappa shape index (κ1) is 16.8. The predicted octanol–water partition coefficient (Wildman–Crippen LogP) is 2.81. The van der Waals surface area contributed by atoms with Crippen LogP contribution in [0.3, 0.4) is 0 Å². The standard InChI is InChI=1S/C16H29N3O/c1-5-10-17-15(6-2)14-9-11-18(12-14)13-16(20)19(7-3)8-4/h9,11-12,15,17H,5-8,10,13H2,1-4H3. The number of likely N-dealkylation sites (N-methyl/N-ethyl adjacent to an activating group) is 1. The Labute approximate surface area is 123 Å². The summed E-state index contributed by atoms with van der Waals surface area (Å²) in [4.78, 5) is 14.0. The van der Waals surface area contributed by atoms with E-state index in [1.54, 1.807) is 0 Å². The van der Waals surface area contributed by atoms with Crippen LogP contribution < -0.4 is 5.32 Å². The van der Waals surface area contributed by atoms with Crippen molar-refractivity contribution in [2.75, 3.05) is 19.6 Å². The molecule has 1 atom stereocenters. The minimum Gasteiger partial charge on any atom is -0.345 e. The molecule has 20 heavy (non-hydrogen) atoms. The Morgan fingerprint density at radius 3 is 2.55 bits per heavy atom. The summed E-state index contributed by atoms with van der Waals surface area (Å²) in [7, 11) is 0. The first-order valence-electron chi connectivity index (χ1n) is 7.82. The quantitative estimate of drug-likeness (QED) is 0.754. The van der Waals surface area contributed by atoms with Gasteiger partial charge in [0.1, 0.15) is 6.54 Å². The zero-order valence-corrected chi connectivity index (χ0v) is 13.4. The molecule has 1 rings (SSSR count). The van der Waals surface area contributed by atoms with Crippen molar-refractivity contribution in [2.45, 2.75) is 53.1 Å². The third kappa shape index (κ3) is 4.67. The smallest absolute Gasteiger partial charge is 0.242 e. The van der Waals surface area contributed by atoms with Crippen LogP contribution in [-0.4, -0.2) is 35.0 Å². The van der Waals surface area contributed by atoms with Gasteiger partial charge in [0, 0.05) is 31.5 Å². The maximum Gasteiger partial charge on any atom is 0.242 e. The van der Waals surface area contributed by atoms with Crippen LogP contribution in [0.4, 0.5) is 0 Å². The van der Waals surface area contributed by atoms with Crippen molar-refractivity contribution in [3.05, 3.63) is 24.0 Å². The minimum absolute atomic E-state index is 0.187. The van der Waals surface area contributed by atoms with Gasteiger partial charge in [-0.05, 0) is 44.9 Å². The average molecular weight is 279 g/mol. The Morgan fingerprint density at radius 1 is 1.30 bits per heavy atom. The van der Waals surface area contributed by atoms with Gasteiger partial charge in [-0.2, -0.15) is 0 Å². The number of hydrogen-bond acceptors (Lipinski definition) is 2. The largest absolute Gasteiger partial charge is 0.345 e. The Hall–Kier alpha value is -1.29. The molecule has 4 heteroatoms. The second-order valence-electron chi connectivity index (χ2n) is 5.10. The summed E-state index contributed by atoms with van der Waals surface area (Å²) in [5.41, 5.74) is 1.27. The molecule has 0 bridgehead atoms. The zero-order chi connectivity index (χ0) is 15.0. The fraction of sp³-hybridized carbons (Fsp3) is 0.688. The number of nitrogens with zero attached hydrogens (tertiary/aromatic N) is 2. The number of aromatic nitrogens is 1. The molecule has 0 aliphatic rings. The summed E-state index contributed by atoms with van der Waals surface area (Å²) in [6.07, 6.45) is 6.30. The van der Waals surface area contributed by atoms with Gasteiger partial charge >= 0.3 is 0 Å². The topological polar surface area (TPSA) is 37.3 Å². The van der Waals surface area contributed by atoms with Crippen LogP contribution >= 0.6 is 0 Å². The van der Waals surface area contributed by atoms with Crippen molar-refractivity contribution in [1.29, 1.82) is 0 Å². The van der Waals surface area contributed by atoms with E-state index in [2.05, 4.69) is 31.4 Å². The summed E-state index contributed by atoms with van der Waals surface area (Å²) >= 11 is 0. The second-order valence-corrected chi connectivity index (χ2v) is 5.10. The van der Waals surface area contributed by atoms with Gasteiger partial charge in [-0.1, -0.05) is 13.8 Å². The van der Waals surface area contributed by atoms with Gasteiger partial charge in [0.2, 0.25) is 5.91 Å². The molecule has 0 radical (unpaired) electrons. The number of carbonyl (C=O) groups is 1. The first-order valence-corrected chi connectivity index (χ1v) is 7.82. The van der Waals surface area contributed by atoms with Crippen LogP contribution in [0.1, 0.15) is 52.1 Å². The number of amides is 1. The van der Waals surface area contributed by atoms with Gasteiger partial charge in [0.05, 0.1) is 0 Å². The van der Waals surface area contributed by atoms with E-state index in [1.165, 1.54) is 5.56 Å². The fourth-order valence-corrected chi connectivity index (χ4v) is 2.41. The summed E-state index contributed by atoms with van der Waals surface area (Å²) in [5.74, 6) is 0.187. The van der Waals surface area contributed by atoms with E-state index in [9.17, 15) is 4.79 Å². The van der Waals surface area contributed by atoms with Gasteiger partial charge < -0.3 is 14.8 Å². The van der Waals surface area contributed by atoms with Crippen LogP contribution in [0.15, 0.2) is 18.5 Å². The highest BCUT2D eigenvalue weighted by Gasteiger charge is 2.13. The highest BCUT2D eigenvalue weighted by molar-refractivity contribution is 5.75. The molecule has 0 aliphatic heterocycles. The van der Waals surface area contributed by atoms with Crippen molar-refractivity contribution in [1.82, 2.24) is 14.8 Å². The van der Waals surface area contributed by atoms with Gasteiger partial charge in [0.15, 0.2) is 0 Å².